The zero-order valence-corrected chi connectivity index (χ0v) is 14.1. The van der Waals surface area contributed by atoms with Gasteiger partial charge in [-0.1, -0.05) is 18.2 Å². The van der Waals surface area contributed by atoms with Crippen LogP contribution in [0, 0.1) is 12.8 Å². The zero-order valence-electron chi connectivity index (χ0n) is 14.1. The van der Waals surface area contributed by atoms with Crippen molar-refractivity contribution in [3.8, 4) is 5.75 Å². The van der Waals surface area contributed by atoms with E-state index < -0.39 is 0 Å². The smallest absolute Gasteiger partial charge is 0.140 e. The minimum absolute atomic E-state index is 0.604. The lowest BCUT2D eigenvalue weighted by atomic mass is 9.80. The van der Waals surface area contributed by atoms with E-state index in [4.69, 9.17) is 9.72 Å². The van der Waals surface area contributed by atoms with Crippen LogP contribution in [-0.4, -0.2) is 18.6 Å². The number of hydrogen-bond donors (Lipinski definition) is 1. The standard InChI is InChI=1S/C20H26N2O/c1-15-20(23-2)13-12-19(22-15)17-10-8-16(9-11-17)14-21-18-6-4-3-5-7-18/h3-7,12-13,16-17,21H,8-11,14H2,1-2H3. The van der Waals surface area contributed by atoms with Crippen LogP contribution in [0.5, 0.6) is 5.75 Å². The van der Waals surface area contributed by atoms with E-state index in [0.717, 1.165) is 23.9 Å². The third kappa shape index (κ3) is 4.04. The summed E-state index contributed by atoms with van der Waals surface area (Å²) >= 11 is 0. The molecule has 1 aromatic heterocycles. The van der Waals surface area contributed by atoms with Crippen LogP contribution >= 0.6 is 0 Å². The number of benzene rings is 1. The predicted octanol–water partition coefficient (Wildman–Crippen LogP) is 4.78. The van der Waals surface area contributed by atoms with Crippen LogP contribution in [-0.2, 0) is 0 Å². The third-order valence-electron chi connectivity index (χ3n) is 4.91. The molecule has 122 valence electrons. The molecular formula is C20H26N2O. The maximum absolute atomic E-state index is 5.31. The fourth-order valence-electron chi connectivity index (χ4n) is 3.49. The monoisotopic (exact) mass is 310 g/mol. The number of nitrogens with zero attached hydrogens (tertiary/aromatic N) is 1. The number of aryl methyl sites for hydroxylation is 1. The summed E-state index contributed by atoms with van der Waals surface area (Å²) in [7, 11) is 1.70. The minimum atomic E-state index is 0.604. The molecular weight excluding hydrogens is 284 g/mol. The maximum Gasteiger partial charge on any atom is 0.140 e. The Morgan fingerprint density at radius 2 is 1.78 bits per heavy atom. The van der Waals surface area contributed by atoms with Gasteiger partial charge in [0, 0.05) is 23.8 Å². The van der Waals surface area contributed by atoms with Crippen LogP contribution in [0.4, 0.5) is 5.69 Å². The van der Waals surface area contributed by atoms with Crippen LogP contribution in [0.3, 0.4) is 0 Å². The van der Waals surface area contributed by atoms with E-state index in [2.05, 4.69) is 47.8 Å². The first-order chi connectivity index (χ1) is 11.3. The Morgan fingerprint density at radius 3 is 2.43 bits per heavy atom. The highest BCUT2D eigenvalue weighted by Gasteiger charge is 2.23. The van der Waals surface area contributed by atoms with Gasteiger partial charge in [0.2, 0.25) is 0 Å². The molecule has 0 radical (unpaired) electrons. The van der Waals surface area contributed by atoms with Gasteiger partial charge in [0.15, 0.2) is 0 Å². The molecule has 0 saturated heterocycles. The maximum atomic E-state index is 5.31. The summed E-state index contributed by atoms with van der Waals surface area (Å²) in [4.78, 5) is 4.75. The fourth-order valence-corrected chi connectivity index (χ4v) is 3.49. The van der Waals surface area contributed by atoms with Crippen molar-refractivity contribution >= 4 is 5.69 Å². The number of anilines is 1. The summed E-state index contributed by atoms with van der Waals surface area (Å²) in [6, 6.07) is 14.7. The molecule has 0 aliphatic heterocycles. The molecule has 3 heteroatoms. The fraction of sp³-hybridized carbons (Fsp3) is 0.450. The summed E-state index contributed by atoms with van der Waals surface area (Å²) < 4.78 is 5.31. The van der Waals surface area contributed by atoms with Gasteiger partial charge in [-0.25, -0.2) is 0 Å². The Bertz CT molecular complexity index is 619. The molecule has 1 aliphatic rings. The van der Waals surface area contributed by atoms with Gasteiger partial charge in [0.25, 0.3) is 0 Å². The molecule has 2 aromatic rings. The van der Waals surface area contributed by atoms with E-state index in [-0.39, 0.29) is 0 Å². The molecule has 3 nitrogen and oxygen atoms in total. The highest BCUT2D eigenvalue weighted by atomic mass is 16.5. The van der Waals surface area contributed by atoms with Gasteiger partial charge in [0.1, 0.15) is 5.75 Å². The van der Waals surface area contributed by atoms with Crippen LogP contribution in [0.25, 0.3) is 0 Å². The molecule has 1 aromatic carbocycles. The molecule has 23 heavy (non-hydrogen) atoms. The van der Waals surface area contributed by atoms with Crippen molar-refractivity contribution in [3.05, 3.63) is 53.9 Å². The summed E-state index contributed by atoms with van der Waals surface area (Å²) in [5, 5.41) is 3.56. The number of nitrogens with one attached hydrogen (secondary N) is 1. The zero-order chi connectivity index (χ0) is 16.1. The second-order valence-electron chi connectivity index (χ2n) is 6.49. The van der Waals surface area contributed by atoms with E-state index in [1.54, 1.807) is 7.11 Å². The van der Waals surface area contributed by atoms with Crippen molar-refractivity contribution in [2.45, 2.75) is 38.5 Å². The van der Waals surface area contributed by atoms with E-state index in [1.807, 2.05) is 6.92 Å². The molecule has 0 unspecified atom stereocenters. The lowest BCUT2D eigenvalue weighted by Gasteiger charge is -2.28. The van der Waals surface area contributed by atoms with Crippen molar-refractivity contribution in [2.75, 3.05) is 19.0 Å². The second-order valence-corrected chi connectivity index (χ2v) is 6.49. The van der Waals surface area contributed by atoms with Crippen LogP contribution < -0.4 is 10.1 Å². The van der Waals surface area contributed by atoms with Gasteiger partial charge in [0.05, 0.1) is 12.8 Å². The Labute approximate surface area is 139 Å². The number of para-hydroxylation sites is 1. The molecule has 1 aliphatic carbocycles. The summed E-state index contributed by atoms with van der Waals surface area (Å²) in [5.41, 5.74) is 3.46. The highest BCUT2D eigenvalue weighted by molar-refractivity contribution is 5.42. The Hall–Kier alpha value is -2.03. The summed E-state index contributed by atoms with van der Waals surface area (Å²) in [6.45, 7) is 3.10. The Morgan fingerprint density at radius 1 is 1.04 bits per heavy atom. The van der Waals surface area contributed by atoms with E-state index in [1.165, 1.54) is 37.1 Å². The quantitative estimate of drug-likeness (QED) is 0.862. The molecule has 0 amide bonds. The first-order valence-electron chi connectivity index (χ1n) is 8.56. The molecule has 1 fully saturated rings. The lowest BCUT2D eigenvalue weighted by molar-refractivity contribution is 0.334. The summed E-state index contributed by atoms with van der Waals surface area (Å²) in [5.74, 6) is 2.26. The largest absolute Gasteiger partial charge is 0.495 e. The SMILES string of the molecule is COc1ccc(C2CCC(CNc3ccccc3)CC2)nc1C. The van der Waals surface area contributed by atoms with Crippen molar-refractivity contribution in [1.82, 2.24) is 4.98 Å². The number of aromatic nitrogens is 1. The van der Waals surface area contributed by atoms with Crippen LogP contribution in [0.1, 0.15) is 43.0 Å². The first-order valence-corrected chi connectivity index (χ1v) is 8.56. The van der Waals surface area contributed by atoms with Gasteiger partial charge in [-0.05, 0) is 62.8 Å². The van der Waals surface area contributed by atoms with Gasteiger partial charge in [-0.2, -0.15) is 0 Å². The van der Waals surface area contributed by atoms with E-state index >= 15 is 0 Å². The van der Waals surface area contributed by atoms with Crippen molar-refractivity contribution < 1.29 is 4.74 Å². The predicted molar refractivity (Wildman–Crippen MR) is 95.2 cm³/mol. The molecule has 3 rings (SSSR count). The molecule has 0 bridgehead atoms. The normalized spacial score (nSPS) is 21.0. The van der Waals surface area contributed by atoms with Crippen molar-refractivity contribution in [1.29, 1.82) is 0 Å². The number of rotatable bonds is 5. The average molecular weight is 310 g/mol. The van der Waals surface area contributed by atoms with Crippen LogP contribution in [0.15, 0.2) is 42.5 Å². The number of ether oxygens (including phenoxy) is 1. The topological polar surface area (TPSA) is 34.1 Å². The number of methoxy groups -OCH3 is 1. The van der Waals surface area contributed by atoms with Crippen molar-refractivity contribution in [2.24, 2.45) is 5.92 Å². The molecule has 1 heterocycles. The average Bonchev–Trinajstić information content (AvgIpc) is 2.61. The first kappa shape index (κ1) is 15.9. The molecule has 0 atom stereocenters. The Balaban J connectivity index is 1.51. The van der Waals surface area contributed by atoms with Gasteiger partial charge in [-0.3, -0.25) is 4.98 Å². The Kier molecular flexibility index (Phi) is 5.16. The van der Waals surface area contributed by atoms with Gasteiger partial charge >= 0.3 is 0 Å². The minimum Gasteiger partial charge on any atom is -0.495 e. The lowest BCUT2D eigenvalue weighted by Crippen LogP contribution is -2.21. The number of pyridine rings is 1. The van der Waals surface area contributed by atoms with Crippen LogP contribution in [0.2, 0.25) is 0 Å². The van der Waals surface area contributed by atoms with Gasteiger partial charge < -0.3 is 10.1 Å². The molecule has 1 N–H and O–H groups in total. The second kappa shape index (κ2) is 7.49. The third-order valence-corrected chi connectivity index (χ3v) is 4.91. The molecule has 1 saturated carbocycles. The highest BCUT2D eigenvalue weighted by Crippen LogP contribution is 2.35. The summed E-state index contributed by atoms with van der Waals surface area (Å²) in [6.07, 6.45) is 5.02. The van der Waals surface area contributed by atoms with Gasteiger partial charge in [-0.15, -0.1) is 0 Å². The van der Waals surface area contributed by atoms with E-state index in [0.29, 0.717) is 5.92 Å². The van der Waals surface area contributed by atoms with E-state index in [9.17, 15) is 0 Å². The molecule has 0 spiro atoms. The number of hydrogen-bond acceptors (Lipinski definition) is 3. The van der Waals surface area contributed by atoms with Crippen molar-refractivity contribution in [3.63, 3.8) is 0 Å².